The molecule has 0 rings (SSSR count). The lowest BCUT2D eigenvalue weighted by atomic mass is 10.4. The van der Waals surface area contributed by atoms with E-state index >= 15 is 0 Å². The van der Waals surface area contributed by atoms with Gasteiger partial charge in [-0.25, -0.2) is 4.79 Å². The van der Waals surface area contributed by atoms with Crippen LogP contribution in [0.15, 0.2) is 0 Å². The van der Waals surface area contributed by atoms with Crippen LogP contribution in [0.5, 0.6) is 0 Å². The van der Waals surface area contributed by atoms with Crippen LogP contribution in [0.25, 0.3) is 0 Å². The molecule has 96 valence electrons. The SMILES string of the molecule is CC(C)OCCCNC(=O)NCC(F)(F)F. The highest BCUT2D eigenvalue weighted by Crippen LogP contribution is 2.11. The third-order valence-corrected chi connectivity index (χ3v) is 1.51. The van der Waals surface area contributed by atoms with E-state index in [4.69, 9.17) is 4.74 Å². The molecule has 0 unspecified atom stereocenters. The van der Waals surface area contributed by atoms with Crippen molar-refractivity contribution in [1.29, 1.82) is 0 Å². The van der Waals surface area contributed by atoms with Gasteiger partial charge in [-0.15, -0.1) is 0 Å². The summed E-state index contributed by atoms with van der Waals surface area (Å²) in [6, 6.07) is -0.818. The summed E-state index contributed by atoms with van der Waals surface area (Å²) in [4.78, 5) is 10.8. The molecule has 0 atom stereocenters. The minimum absolute atomic E-state index is 0.110. The zero-order valence-corrected chi connectivity index (χ0v) is 9.36. The van der Waals surface area contributed by atoms with Gasteiger partial charge in [-0.05, 0) is 20.3 Å². The van der Waals surface area contributed by atoms with E-state index in [1.54, 1.807) is 5.32 Å². The number of rotatable bonds is 6. The Hall–Kier alpha value is -0.980. The second-order valence-corrected chi connectivity index (χ2v) is 3.50. The first-order chi connectivity index (χ1) is 7.31. The highest BCUT2D eigenvalue weighted by atomic mass is 19.4. The molecule has 0 saturated carbocycles. The Morgan fingerprint density at radius 2 is 1.94 bits per heavy atom. The van der Waals surface area contributed by atoms with Crippen molar-refractivity contribution in [2.45, 2.75) is 32.5 Å². The van der Waals surface area contributed by atoms with Gasteiger partial charge in [0.15, 0.2) is 0 Å². The van der Waals surface area contributed by atoms with Gasteiger partial charge in [0, 0.05) is 13.2 Å². The standard InChI is InChI=1S/C9H17F3N2O2/c1-7(2)16-5-3-4-13-8(15)14-6-9(10,11)12/h7H,3-6H2,1-2H3,(H2,13,14,15). The fourth-order valence-corrected chi connectivity index (χ4v) is 0.836. The molecule has 0 radical (unpaired) electrons. The van der Waals surface area contributed by atoms with E-state index in [-0.39, 0.29) is 12.6 Å². The maximum absolute atomic E-state index is 11.7. The van der Waals surface area contributed by atoms with Crippen molar-refractivity contribution in [2.75, 3.05) is 19.7 Å². The average Bonchev–Trinajstić information content (AvgIpc) is 2.12. The van der Waals surface area contributed by atoms with Gasteiger partial charge in [-0.1, -0.05) is 0 Å². The Bertz CT molecular complexity index is 207. The number of nitrogens with one attached hydrogen (secondary N) is 2. The predicted octanol–water partition coefficient (Wildman–Crippen LogP) is 1.66. The molecule has 0 aliphatic carbocycles. The van der Waals surface area contributed by atoms with Gasteiger partial charge in [0.25, 0.3) is 0 Å². The molecule has 2 N–H and O–H groups in total. The first-order valence-electron chi connectivity index (χ1n) is 5.01. The van der Waals surface area contributed by atoms with Crippen molar-refractivity contribution >= 4 is 6.03 Å². The Balaban J connectivity index is 3.38. The second-order valence-electron chi connectivity index (χ2n) is 3.50. The van der Waals surface area contributed by atoms with E-state index < -0.39 is 18.8 Å². The van der Waals surface area contributed by atoms with Crippen LogP contribution in [0.3, 0.4) is 0 Å². The summed E-state index contributed by atoms with van der Waals surface area (Å²) in [7, 11) is 0. The molecule has 16 heavy (non-hydrogen) atoms. The summed E-state index contributed by atoms with van der Waals surface area (Å²) in [5.74, 6) is 0. The molecule has 0 aliphatic rings. The summed E-state index contributed by atoms with van der Waals surface area (Å²) >= 11 is 0. The zero-order valence-electron chi connectivity index (χ0n) is 9.36. The van der Waals surface area contributed by atoms with Crippen LogP contribution in [0.4, 0.5) is 18.0 Å². The van der Waals surface area contributed by atoms with Crippen LogP contribution in [0, 0.1) is 0 Å². The summed E-state index contributed by atoms with van der Waals surface area (Å²) < 4.78 is 40.2. The molecule has 0 aromatic heterocycles. The van der Waals surface area contributed by atoms with Gasteiger partial charge in [0.2, 0.25) is 0 Å². The molecule has 7 heteroatoms. The Labute approximate surface area is 92.5 Å². The lowest BCUT2D eigenvalue weighted by molar-refractivity contribution is -0.122. The van der Waals surface area contributed by atoms with Crippen molar-refractivity contribution in [1.82, 2.24) is 10.6 Å². The van der Waals surface area contributed by atoms with E-state index in [0.29, 0.717) is 13.0 Å². The summed E-state index contributed by atoms with van der Waals surface area (Å²) in [6.07, 6.45) is -3.70. The number of hydrogen-bond acceptors (Lipinski definition) is 2. The summed E-state index contributed by atoms with van der Waals surface area (Å²) in [5, 5.41) is 4.01. The number of hydrogen-bond donors (Lipinski definition) is 2. The van der Waals surface area contributed by atoms with E-state index in [9.17, 15) is 18.0 Å². The average molecular weight is 242 g/mol. The van der Waals surface area contributed by atoms with Crippen LogP contribution in [-0.4, -0.2) is 38.0 Å². The van der Waals surface area contributed by atoms with Gasteiger partial charge in [0.1, 0.15) is 6.54 Å². The summed E-state index contributed by atoms with van der Waals surface area (Å²) in [5.41, 5.74) is 0. The second kappa shape index (κ2) is 7.32. The van der Waals surface area contributed by atoms with Crippen LogP contribution in [-0.2, 0) is 4.74 Å². The fourth-order valence-electron chi connectivity index (χ4n) is 0.836. The van der Waals surface area contributed by atoms with E-state index in [0.717, 1.165) is 0 Å². The summed E-state index contributed by atoms with van der Waals surface area (Å²) in [6.45, 7) is 3.20. The molecule has 4 nitrogen and oxygen atoms in total. The molecule has 0 fully saturated rings. The number of halogens is 3. The van der Waals surface area contributed by atoms with E-state index in [2.05, 4.69) is 5.32 Å². The molecule has 0 aromatic rings. The van der Waals surface area contributed by atoms with Gasteiger partial charge >= 0.3 is 12.2 Å². The molecular formula is C9H17F3N2O2. The highest BCUT2D eigenvalue weighted by Gasteiger charge is 2.27. The van der Waals surface area contributed by atoms with Crippen molar-refractivity contribution < 1.29 is 22.7 Å². The minimum atomic E-state index is -4.38. The maximum atomic E-state index is 11.7. The molecule has 0 bridgehead atoms. The topological polar surface area (TPSA) is 50.4 Å². The largest absolute Gasteiger partial charge is 0.405 e. The quantitative estimate of drug-likeness (QED) is 0.696. The van der Waals surface area contributed by atoms with Crippen molar-refractivity contribution in [3.63, 3.8) is 0 Å². The van der Waals surface area contributed by atoms with Crippen LogP contribution < -0.4 is 10.6 Å². The Morgan fingerprint density at radius 1 is 1.31 bits per heavy atom. The molecule has 0 aromatic carbocycles. The number of urea groups is 1. The van der Waals surface area contributed by atoms with Crippen LogP contribution in [0.2, 0.25) is 0 Å². The predicted molar refractivity (Wildman–Crippen MR) is 53.2 cm³/mol. The monoisotopic (exact) mass is 242 g/mol. The number of alkyl halides is 3. The number of ether oxygens (including phenoxy) is 1. The van der Waals surface area contributed by atoms with E-state index in [1.807, 2.05) is 13.8 Å². The molecule has 0 heterocycles. The Kier molecular flexibility index (Phi) is 6.87. The van der Waals surface area contributed by atoms with Crippen molar-refractivity contribution in [3.8, 4) is 0 Å². The first-order valence-corrected chi connectivity index (χ1v) is 5.01. The fraction of sp³-hybridized carbons (Fsp3) is 0.889. The lowest BCUT2D eigenvalue weighted by Crippen LogP contribution is -2.41. The van der Waals surface area contributed by atoms with Gasteiger partial charge in [-0.2, -0.15) is 13.2 Å². The maximum Gasteiger partial charge on any atom is 0.405 e. The van der Waals surface area contributed by atoms with Crippen molar-refractivity contribution in [2.24, 2.45) is 0 Å². The number of carbonyl (C=O) groups excluding carboxylic acids is 1. The third-order valence-electron chi connectivity index (χ3n) is 1.51. The van der Waals surface area contributed by atoms with Crippen LogP contribution in [0.1, 0.15) is 20.3 Å². The van der Waals surface area contributed by atoms with Gasteiger partial charge in [0.05, 0.1) is 6.10 Å². The van der Waals surface area contributed by atoms with Crippen LogP contribution >= 0.6 is 0 Å². The number of amides is 2. The van der Waals surface area contributed by atoms with E-state index in [1.165, 1.54) is 0 Å². The molecule has 0 spiro atoms. The Morgan fingerprint density at radius 3 is 2.44 bits per heavy atom. The van der Waals surface area contributed by atoms with Gasteiger partial charge < -0.3 is 15.4 Å². The molecular weight excluding hydrogens is 225 g/mol. The van der Waals surface area contributed by atoms with Crippen molar-refractivity contribution in [3.05, 3.63) is 0 Å². The third kappa shape index (κ3) is 11.1. The zero-order chi connectivity index (χ0) is 12.6. The normalized spacial score (nSPS) is 11.6. The van der Waals surface area contributed by atoms with Gasteiger partial charge in [-0.3, -0.25) is 0 Å². The molecule has 0 aliphatic heterocycles. The lowest BCUT2D eigenvalue weighted by Gasteiger charge is -2.10. The highest BCUT2D eigenvalue weighted by molar-refractivity contribution is 5.73. The minimum Gasteiger partial charge on any atom is -0.379 e. The smallest absolute Gasteiger partial charge is 0.379 e. The number of carbonyl (C=O) groups is 1. The first kappa shape index (κ1) is 15.0. The molecule has 0 saturated heterocycles. The molecule has 2 amide bonds.